The summed E-state index contributed by atoms with van der Waals surface area (Å²) in [6, 6.07) is 19.1. The molecule has 7 nitrogen and oxygen atoms in total. The van der Waals surface area contributed by atoms with E-state index in [4.69, 9.17) is 4.74 Å². The van der Waals surface area contributed by atoms with Gasteiger partial charge in [0.1, 0.15) is 5.41 Å². The van der Waals surface area contributed by atoms with E-state index in [1.54, 1.807) is 17.0 Å². The number of nitrogens with zero attached hydrogens (tertiary/aromatic N) is 4. The number of benzene rings is 2. The van der Waals surface area contributed by atoms with Gasteiger partial charge in [0, 0.05) is 5.69 Å². The molecule has 0 fully saturated rings. The molecule has 2 aliphatic rings. The third-order valence-corrected chi connectivity index (χ3v) is 6.42. The highest BCUT2D eigenvalue weighted by Gasteiger charge is 2.73. The zero-order valence-electron chi connectivity index (χ0n) is 20.4. The summed E-state index contributed by atoms with van der Waals surface area (Å²) in [5.74, 6) is -1.30. The third-order valence-electron chi connectivity index (χ3n) is 6.42. The maximum atomic E-state index is 14.5. The number of esters is 1. The van der Waals surface area contributed by atoms with E-state index in [0.29, 0.717) is 11.3 Å². The number of amides is 1. The van der Waals surface area contributed by atoms with Crippen molar-refractivity contribution in [2.24, 2.45) is 10.4 Å². The van der Waals surface area contributed by atoms with Gasteiger partial charge in [-0.3, -0.25) is 9.79 Å². The lowest BCUT2D eigenvalue weighted by atomic mass is 9.60. The summed E-state index contributed by atoms with van der Waals surface area (Å²) in [7, 11) is 1.22. The number of rotatable bonds is 3. The largest absolute Gasteiger partial charge is 0.466 e. The Hall–Kier alpha value is -4.23. The minimum absolute atomic E-state index is 0.0569. The number of carbonyl (C=O) groups is 2. The van der Waals surface area contributed by atoms with Crippen LogP contribution >= 0.6 is 0 Å². The molecule has 2 aromatic carbocycles. The summed E-state index contributed by atoms with van der Waals surface area (Å²) in [6.45, 7) is 7.55. The first kappa shape index (κ1) is 23.9. The molecule has 1 aliphatic heterocycles. The van der Waals surface area contributed by atoms with Crippen molar-refractivity contribution >= 4 is 23.3 Å². The number of fused-ring (bicyclic) bond motifs is 2. The van der Waals surface area contributed by atoms with Crippen LogP contribution < -0.4 is 4.90 Å². The summed E-state index contributed by atoms with van der Waals surface area (Å²) in [5.41, 5.74) is -1.95. The lowest BCUT2D eigenvalue weighted by Crippen LogP contribution is -2.54. The average molecular weight is 467 g/mol. The normalized spacial score (nSPS) is 21.5. The van der Waals surface area contributed by atoms with E-state index >= 15 is 0 Å². The van der Waals surface area contributed by atoms with Crippen molar-refractivity contribution in [3.63, 3.8) is 0 Å². The molecule has 176 valence electrons. The van der Waals surface area contributed by atoms with E-state index in [2.05, 4.69) is 17.1 Å². The zero-order valence-corrected chi connectivity index (χ0v) is 20.4. The van der Waals surface area contributed by atoms with Gasteiger partial charge < -0.3 is 9.64 Å². The van der Waals surface area contributed by atoms with Crippen molar-refractivity contribution < 1.29 is 14.3 Å². The molecule has 0 saturated heterocycles. The van der Waals surface area contributed by atoms with E-state index in [0.717, 1.165) is 11.1 Å². The Morgan fingerprint density at radius 3 is 2.34 bits per heavy atom. The van der Waals surface area contributed by atoms with Crippen LogP contribution in [0.3, 0.4) is 0 Å². The lowest BCUT2D eigenvalue weighted by Gasteiger charge is -2.35. The van der Waals surface area contributed by atoms with Gasteiger partial charge in [-0.25, -0.2) is 4.79 Å². The Balaban J connectivity index is 2.10. The van der Waals surface area contributed by atoms with Gasteiger partial charge in [0.25, 0.3) is 0 Å². The smallest absolute Gasteiger partial charge is 0.335 e. The molecule has 35 heavy (non-hydrogen) atoms. The van der Waals surface area contributed by atoms with Crippen molar-refractivity contribution in [2.45, 2.75) is 45.2 Å². The van der Waals surface area contributed by atoms with E-state index < -0.39 is 28.2 Å². The molecule has 0 aromatic heterocycles. The number of aryl methyl sites for hydroxylation is 1. The molecule has 1 heterocycles. The van der Waals surface area contributed by atoms with Crippen LogP contribution in [-0.4, -0.2) is 30.2 Å². The number of anilines is 1. The van der Waals surface area contributed by atoms with Gasteiger partial charge in [-0.15, -0.1) is 0 Å². The predicted molar refractivity (Wildman–Crippen MR) is 131 cm³/mol. The van der Waals surface area contributed by atoms with Gasteiger partial charge in [0.05, 0.1) is 42.6 Å². The summed E-state index contributed by atoms with van der Waals surface area (Å²) < 4.78 is 5.08. The maximum absolute atomic E-state index is 14.5. The predicted octanol–water partition coefficient (Wildman–Crippen LogP) is 4.17. The van der Waals surface area contributed by atoms with Gasteiger partial charge in [0.15, 0.2) is 0 Å². The molecule has 4 rings (SSSR count). The second-order valence-electron chi connectivity index (χ2n) is 9.84. The number of nitriles is 2. The molecule has 0 saturated carbocycles. The fraction of sp³-hybridized carbons (Fsp3) is 0.321. The Kier molecular flexibility index (Phi) is 5.61. The highest BCUT2D eigenvalue weighted by atomic mass is 16.5. The van der Waals surface area contributed by atoms with E-state index in [9.17, 15) is 20.1 Å². The summed E-state index contributed by atoms with van der Waals surface area (Å²) >= 11 is 0. The topological polar surface area (TPSA) is 107 Å². The number of hydrogen-bond donors (Lipinski definition) is 0. The molecule has 1 amide bonds. The van der Waals surface area contributed by atoms with Crippen molar-refractivity contribution in [3.05, 3.63) is 76.9 Å². The minimum Gasteiger partial charge on any atom is -0.466 e. The first-order valence-electron chi connectivity index (χ1n) is 11.3. The van der Waals surface area contributed by atoms with Gasteiger partial charge in [-0.05, 0) is 51.0 Å². The van der Waals surface area contributed by atoms with Crippen LogP contribution in [-0.2, 0) is 26.3 Å². The fourth-order valence-electron chi connectivity index (χ4n) is 5.01. The Bertz CT molecular complexity index is 1360. The van der Waals surface area contributed by atoms with Crippen molar-refractivity contribution in [3.8, 4) is 12.1 Å². The number of hydrogen-bond acceptors (Lipinski definition) is 6. The van der Waals surface area contributed by atoms with Crippen LogP contribution in [0.15, 0.2) is 65.2 Å². The molecule has 0 bridgehead atoms. The van der Waals surface area contributed by atoms with Gasteiger partial charge in [0.2, 0.25) is 11.3 Å². The monoisotopic (exact) mass is 466 g/mol. The fourth-order valence-corrected chi connectivity index (χ4v) is 5.01. The van der Waals surface area contributed by atoms with Crippen LogP contribution in [0.25, 0.3) is 0 Å². The molecule has 7 heteroatoms. The SMILES string of the molecule is COC(=O)C1=CC(=NC(C)(C)C)C(C#N)(C#N)C12C(=O)N(Cc1ccccc1)c1ccc(C)cc12. The molecule has 1 spiro atoms. The number of methoxy groups -OCH3 is 1. The van der Waals surface area contributed by atoms with Crippen LogP contribution in [0.2, 0.25) is 0 Å². The molecule has 0 N–H and O–H groups in total. The minimum atomic E-state index is -2.06. The average Bonchev–Trinajstić information content (AvgIpc) is 3.23. The molecule has 2 aromatic rings. The molecule has 0 radical (unpaired) electrons. The second kappa shape index (κ2) is 8.21. The number of allylic oxidation sites excluding steroid dienone is 1. The highest BCUT2D eigenvalue weighted by Crippen LogP contribution is 2.60. The van der Waals surface area contributed by atoms with Gasteiger partial charge in [-0.1, -0.05) is 48.0 Å². The standard InChI is InChI=1S/C28H26N4O3/c1-18-11-12-22-20(13-18)28(25(34)32(22)15-19-9-7-6-8-10-19)21(24(33)35-5)14-23(31-26(2,3)4)27(28,16-29)17-30/h6-14H,15H2,1-5H3. The lowest BCUT2D eigenvalue weighted by molar-refractivity contribution is -0.139. The summed E-state index contributed by atoms with van der Waals surface area (Å²) in [6.07, 6.45) is 1.40. The zero-order chi connectivity index (χ0) is 25.6. The van der Waals surface area contributed by atoms with E-state index in [1.807, 2.05) is 64.1 Å². The molecule has 1 unspecified atom stereocenters. The number of carbonyl (C=O) groups excluding carboxylic acids is 2. The van der Waals surface area contributed by atoms with Crippen LogP contribution in [0.4, 0.5) is 5.69 Å². The molecule has 1 atom stereocenters. The van der Waals surface area contributed by atoms with Crippen molar-refractivity contribution in [1.82, 2.24) is 0 Å². The molecule has 1 aliphatic carbocycles. The second-order valence-corrected chi connectivity index (χ2v) is 9.84. The molecular weight excluding hydrogens is 440 g/mol. The quantitative estimate of drug-likeness (QED) is 0.631. The Morgan fingerprint density at radius 1 is 1.11 bits per heavy atom. The summed E-state index contributed by atoms with van der Waals surface area (Å²) in [4.78, 5) is 33.9. The molecular formula is C28H26N4O3. The van der Waals surface area contributed by atoms with Gasteiger partial charge in [-0.2, -0.15) is 10.5 Å². The highest BCUT2D eigenvalue weighted by molar-refractivity contribution is 6.27. The number of ether oxygens (including phenoxy) is 1. The number of aliphatic imine (C=N–C) groups is 1. The van der Waals surface area contributed by atoms with Gasteiger partial charge >= 0.3 is 5.97 Å². The van der Waals surface area contributed by atoms with Crippen molar-refractivity contribution in [2.75, 3.05) is 12.0 Å². The third kappa shape index (κ3) is 3.35. The van der Waals surface area contributed by atoms with Crippen LogP contribution in [0.5, 0.6) is 0 Å². The maximum Gasteiger partial charge on any atom is 0.335 e. The summed E-state index contributed by atoms with van der Waals surface area (Å²) in [5, 5.41) is 21.1. The Morgan fingerprint density at radius 2 is 1.77 bits per heavy atom. The Labute approximate surface area is 205 Å². The van der Waals surface area contributed by atoms with Crippen LogP contribution in [0.1, 0.15) is 37.5 Å². The van der Waals surface area contributed by atoms with Crippen molar-refractivity contribution in [1.29, 1.82) is 10.5 Å². The van der Waals surface area contributed by atoms with Crippen LogP contribution in [0, 0.1) is 35.0 Å². The first-order valence-corrected chi connectivity index (χ1v) is 11.3. The first-order chi connectivity index (χ1) is 16.6. The van der Waals surface area contributed by atoms with E-state index in [1.165, 1.54) is 13.2 Å². The van der Waals surface area contributed by atoms with E-state index in [-0.39, 0.29) is 17.8 Å².